The minimum absolute atomic E-state index is 0.181. The molecule has 24 heavy (non-hydrogen) atoms. The van der Waals surface area contributed by atoms with Crippen molar-refractivity contribution in [3.05, 3.63) is 70.4 Å². The highest BCUT2D eigenvalue weighted by molar-refractivity contribution is 7.08. The second-order valence-electron chi connectivity index (χ2n) is 6.37. The highest BCUT2D eigenvalue weighted by Crippen LogP contribution is 2.17. The van der Waals surface area contributed by atoms with E-state index in [0.29, 0.717) is 0 Å². The number of fused-ring (bicyclic) bond motifs is 1. The Kier molecular flexibility index (Phi) is 4.32. The van der Waals surface area contributed by atoms with Crippen LogP contribution in [0.5, 0.6) is 0 Å². The summed E-state index contributed by atoms with van der Waals surface area (Å²) >= 11 is 1.58. The molecule has 3 nitrogen and oxygen atoms in total. The van der Waals surface area contributed by atoms with E-state index in [-0.39, 0.29) is 5.91 Å². The Labute approximate surface area is 146 Å². The first kappa shape index (κ1) is 15.4. The van der Waals surface area contributed by atoms with E-state index in [0.717, 1.165) is 38.3 Å². The molecule has 0 atom stereocenters. The maximum atomic E-state index is 12.4. The van der Waals surface area contributed by atoms with Gasteiger partial charge in [0.1, 0.15) is 6.54 Å². The number of carbonyl (C=O) groups excluding carboxylic acids is 1. The lowest BCUT2D eigenvalue weighted by Gasteiger charge is -2.32. The highest BCUT2D eigenvalue weighted by atomic mass is 32.1. The lowest BCUT2D eigenvalue weighted by atomic mass is 10.0. The molecule has 4 heteroatoms. The number of hydrogen-bond acceptors (Lipinski definition) is 2. The summed E-state index contributed by atoms with van der Waals surface area (Å²) in [5.41, 5.74) is 2.23. The van der Waals surface area contributed by atoms with E-state index in [2.05, 4.69) is 42.5 Å². The number of thiophene rings is 1. The summed E-state index contributed by atoms with van der Waals surface area (Å²) in [6.45, 7) is 4.74. The van der Waals surface area contributed by atoms with Gasteiger partial charge >= 0.3 is 0 Å². The molecular weight excluding hydrogens is 316 g/mol. The first-order valence-corrected chi connectivity index (χ1v) is 9.37. The van der Waals surface area contributed by atoms with Gasteiger partial charge in [-0.3, -0.25) is 4.79 Å². The zero-order valence-corrected chi connectivity index (χ0v) is 14.4. The van der Waals surface area contributed by atoms with E-state index in [1.54, 1.807) is 16.2 Å². The summed E-state index contributed by atoms with van der Waals surface area (Å²) in [7, 11) is 0. The second kappa shape index (κ2) is 6.75. The van der Waals surface area contributed by atoms with Crippen molar-refractivity contribution in [1.29, 1.82) is 0 Å². The van der Waals surface area contributed by atoms with E-state index in [4.69, 9.17) is 0 Å². The van der Waals surface area contributed by atoms with Crippen molar-refractivity contribution in [3.8, 4) is 0 Å². The molecule has 2 heterocycles. The highest BCUT2D eigenvalue weighted by Gasteiger charge is 2.25. The average molecular weight is 337 g/mol. The summed E-state index contributed by atoms with van der Waals surface area (Å²) in [5.74, 6) is 0.181. The fourth-order valence-electron chi connectivity index (χ4n) is 3.49. The smallest absolute Gasteiger partial charge is 0.255 e. The van der Waals surface area contributed by atoms with Crippen LogP contribution in [0.15, 0.2) is 59.3 Å². The molecule has 0 bridgehead atoms. The largest absolute Gasteiger partial charge is 0.328 e. The van der Waals surface area contributed by atoms with Gasteiger partial charge in [-0.15, -0.1) is 0 Å². The second-order valence-corrected chi connectivity index (χ2v) is 7.15. The topological polar surface area (TPSA) is 24.8 Å². The molecule has 4 rings (SSSR count). The number of carbonyl (C=O) groups is 1. The Hall–Kier alpha value is -2.17. The number of hydrogen-bond donors (Lipinski definition) is 1. The summed E-state index contributed by atoms with van der Waals surface area (Å²) in [6.07, 6.45) is 0. The van der Waals surface area contributed by atoms with Gasteiger partial charge in [0.05, 0.1) is 31.7 Å². The van der Waals surface area contributed by atoms with Crippen LogP contribution in [-0.2, 0) is 6.54 Å². The number of nitrogens with zero attached hydrogens (tertiary/aromatic N) is 1. The van der Waals surface area contributed by atoms with Crippen LogP contribution in [0.4, 0.5) is 0 Å². The number of rotatable bonds is 3. The molecule has 1 saturated heterocycles. The summed E-state index contributed by atoms with van der Waals surface area (Å²) < 4.78 is 0. The maximum absolute atomic E-state index is 12.4. The van der Waals surface area contributed by atoms with Crippen molar-refractivity contribution in [2.45, 2.75) is 6.54 Å². The van der Waals surface area contributed by atoms with E-state index in [1.165, 1.54) is 16.3 Å². The molecule has 0 unspecified atom stereocenters. The predicted molar refractivity (Wildman–Crippen MR) is 98.6 cm³/mol. The van der Waals surface area contributed by atoms with Crippen molar-refractivity contribution < 1.29 is 9.69 Å². The van der Waals surface area contributed by atoms with Crippen molar-refractivity contribution in [3.63, 3.8) is 0 Å². The molecule has 3 aromatic rings. The maximum Gasteiger partial charge on any atom is 0.255 e. The molecule has 2 aromatic carbocycles. The number of nitrogens with one attached hydrogen (secondary N) is 1. The molecular formula is C20H21N2OS+. The SMILES string of the molecule is O=C(c1ccsc1)N1CC[NH+](Cc2cccc3ccccc23)CC1. The van der Waals surface area contributed by atoms with Crippen LogP contribution >= 0.6 is 11.3 Å². The molecule has 122 valence electrons. The van der Waals surface area contributed by atoms with Crippen LogP contribution in [0.2, 0.25) is 0 Å². The fraction of sp³-hybridized carbons (Fsp3) is 0.250. The third-order valence-corrected chi connectivity index (χ3v) is 5.53. The predicted octanol–water partition coefficient (Wildman–Crippen LogP) is 2.44. The van der Waals surface area contributed by atoms with Crippen LogP contribution < -0.4 is 4.90 Å². The van der Waals surface area contributed by atoms with Crippen molar-refractivity contribution in [1.82, 2.24) is 4.90 Å². The first-order valence-electron chi connectivity index (χ1n) is 8.43. The minimum atomic E-state index is 0.181. The van der Waals surface area contributed by atoms with Crippen molar-refractivity contribution in [2.75, 3.05) is 26.2 Å². The number of amides is 1. The van der Waals surface area contributed by atoms with Gasteiger partial charge in [0, 0.05) is 10.9 Å². The van der Waals surface area contributed by atoms with Crippen LogP contribution in [0.3, 0.4) is 0 Å². The Morgan fingerprint density at radius 1 is 1.04 bits per heavy atom. The Balaban J connectivity index is 1.42. The zero-order valence-electron chi connectivity index (χ0n) is 13.6. The van der Waals surface area contributed by atoms with Gasteiger partial charge in [0.25, 0.3) is 5.91 Å². The molecule has 1 fully saturated rings. The number of quaternary nitrogens is 1. The first-order chi connectivity index (χ1) is 11.8. The van der Waals surface area contributed by atoms with Crippen LogP contribution in [0, 0.1) is 0 Å². The third kappa shape index (κ3) is 3.07. The standard InChI is InChI=1S/C20H20N2OS/c23-20(18-8-13-24-15-18)22-11-9-21(10-12-22)14-17-6-3-5-16-4-1-2-7-19(16)17/h1-8,13,15H,9-12,14H2/p+1. The molecule has 0 spiro atoms. The van der Waals surface area contributed by atoms with Gasteiger partial charge in [-0.05, 0) is 22.2 Å². The molecule has 1 aromatic heterocycles. The third-order valence-electron chi connectivity index (χ3n) is 4.85. The Morgan fingerprint density at radius 3 is 2.62 bits per heavy atom. The van der Waals surface area contributed by atoms with E-state index in [1.807, 2.05) is 21.7 Å². The Bertz CT molecular complexity index is 830. The number of benzene rings is 2. The van der Waals surface area contributed by atoms with E-state index < -0.39 is 0 Å². The monoisotopic (exact) mass is 337 g/mol. The van der Waals surface area contributed by atoms with Gasteiger partial charge in [-0.25, -0.2) is 0 Å². The molecule has 1 amide bonds. The average Bonchev–Trinajstić information content (AvgIpc) is 3.17. The van der Waals surface area contributed by atoms with Gasteiger partial charge < -0.3 is 9.80 Å². The molecule has 0 radical (unpaired) electrons. The zero-order chi connectivity index (χ0) is 16.4. The van der Waals surface area contributed by atoms with Crippen molar-refractivity contribution >= 4 is 28.0 Å². The fourth-order valence-corrected chi connectivity index (χ4v) is 4.12. The number of piperazine rings is 1. The van der Waals surface area contributed by atoms with Crippen LogP contribution in [-0.4, -0.2) is 37.0 Å². The Morgan fingerprint density at radius 2 is 1.83 bits per heavy atom. The molecule has 1 aliphatic heterocycles. The van der Waals surface area contributed by atoms with Gasteiger partial charge in [-0.1, -0.05) is 42.5 Å². The minimum Gasteiger partial charge on any atom is -0.328 e. The normalized spacial score (nSPS) is 15.8. The van der Waals surface area contributed by atoms with Crippen molar-refractivity contribution in [2.24, 2.45) is 0 Å². The lowest BCUT2D eigenvalue weighted by molar-refractivity contribution is -0.917. The van der Waals surface area contributed by atoms with Gasteiger partial charge in [-0.2, -0.15) is 11.3 Å². The van der Waals surface area contributed by atoms with Gasteiger partial charge in [0.2, 0.25) is 0 Å². The van der Waals surface area contributed by atoms with Crippen LogP contribution in [0.25, 0.3) is 10.8 Å². The molecule has 0 aliphatic carbocycles. The van der Waals surface area contributed by atoms with Gasteiger partial charge in [0.15, 0.2) is 0 Å². The lowest BCUT2D eigenvalue weighted by Crippen LogP contribution is -3.13. The quantitative estimate of drug-likeness (QED) is 0.780. The molecule has 1 aliphatic rings. The van der Waals surface area contributed by atoms with E-state index >= 15 is 0 Å². The summed E-state index contributed by atoms with van der Waals surface area (Å²) in [6, 6.07) is 17.1. The summed E-state index contributed by atoms with van der Waals surface area (Å²) in [4.78, 5) is 16.0. The summed E-state index contributed by atoms with van der Waals surface area (Å²) in [5, 5.41) is 6.57. The van der Waals surface area contributed by atoms with Crippen LogP contribution in [0.1, 0.15) is 15.9 Å². The molecule has 0 saturated carbocycles. The molecule has 1 N–H and O–H groups in total. The van der Waals surface area contributed by atoms with E-state index in [9.17, 15) is 4.79 Å².